The Balaban J connectivity index is 1.80. The Bertz CT molecular complexity index is 914. The van der Waals surface area contributed by atoms with Gasteiger partial charge in [0.2, 0.25) is 5.91 Å². The van der Waals surface area contributed by atoms with Crippen molar-refractivity contribution in [3.8, 4) is 0 Å². The molecule has 1 N–H and O–H groups in total. The molecular formula is C21H22FN3O3S. The van der Waals surface area contributed by atoms with Gasteiger partial charge in [-0.2, -0.15) is 0 Å². The predicted octanol–water partition coefficient (Wildman–Crippen LogP) is 3.26. The summed E-state index contributed by atoms with van der Waals surface area (Å²) in [6, 6.07) is 8.61. The average molecular weight is 415 g/mol. The lowest BCUT2D eigenvalue weighted by molar-refractivity contribution is -0.139. The maximum Gasteiger partial charge on any atom is 0.325 e. The zero-order chi connectivity index (χ0) is 21.0. The van der Waals surface area contributed by atoms with Gasteiger partial charge >= 0.3 is 6.03 Å². The largest absolute Gasteiger partial charge is 0.332 e. The van der Waals surface area contributed by atoms with Crippen LogP contribution in [0.1, 0.15) is 23.8 Å². The summed E-state index contributed by atoms with van der Waals surface area (Å²) < 4.78 is 13.3. The number of halogens is 1. The molecule has 29 heavy (non-hydrogen) atoms. The fourth-order valence-corrected chi connectivity index (χ4v) is 4.10. The van der Waals surface area contributed by atoms with Crippen molar-refractivity contribution in [3.05, 3.63) is 70.7 Å². The van der Waals surface area contributed by atoms with Crippen molar-refractivity contribution in [2.75, 3.05) is 13.1 Å². The minimum absolute atomic E-state index is 0.277. The summed E-state index contributed by atoms with van der Waals surface area (Å²) >= 11 is 1.52. The highest BCUT2D eigenvalue weighted by Gasteiger charge is 2.51. The number of imide groups is 1. The Labute approximate surface area is 172 Å². The Morgan fingerprint density at radius 1 is 1.31 bits per heavy atom. The number of carbonyl (C=O) groups excluding carboxylic acids is 3. The Hall–Kier alpha value is -3.00. The lowest BCUT2D eigenvalue weighted by Gasteiger charge is -2.26. The van der Waals surface area contributed by atoms with E-state index in [0.717, 1.165) is 9.78 Å². The highest BCUT2D eigenvalue weighted by atomic mass is 32.1. The predicted molar refractivity (Wildman–Crippen MR) is 109 cm³/mol. The molecule has 0 saturated carbocycles. The van der Waals surface area contributed by atoms with Gasteiger partial charge in [0.05, 0.1) is 6.54 Å². The van der Waals surface area contributed by atoms with Crippen LogP contribution >= 0.6 is 11.3 Å². The first-order valence-corrected chi connectivity index (χ1v) is 10.1. The molecule has 0 radical (unpaired) electrons. The fourth-order valence-electron chi connectivity index (χ4n) is 3.38. The van der Waals surface area contributed by atoms with Crippen molar-refractivity contribution < 1.29 is 18.8 Å². The molecule has 6 nitrogen and oxygen atoms in total. The lowest BCUT2D eigenvalue weighted by Crippen LogP contribution is -2.45. The molecule has 152 valence electrons. The minimum atomic E-state index is -1.30. The third kappa shape index (κ3) is 4.07. The summed E-state index contributed by atoms with van der Waals surface area (Å²) in [6.07, 6.45) is 1.88. The average Bonchev–Trinajstić information content (AvgIpc) is 3.30. The van der Waals surface area contributed by atoms with Crippen molar-refractivity contribution in [2.24, 2.45) is 0 Å². The van der Waals surface area contributed by atoms with Crippen LogP contribution in [0.4, 0.5) is 9.18 Å². The molecule has 0 aliphatic carbocycles. The minimum Gasteiger partial charge on any atom is -0.332 e. The third-order valence-corrected chi connectivity index (χ3v) is 5.83. The van der Waals surface area contributed by atoms with E-state index >= 15 is 0 Å². The Kier molecular flexibility index (Phi) is 6.12. The number of nitrogens with one attached hydrogen (secondary N) is 1. The lowest BCUT2D eigenvalue weighted by atomic mass is 9.87. The normalized spacial score (nSPS) is 18.6. The van der Waals surface area contributed by atoms with Crippen LogP contribution in [-0.2, 0) is 21.7 Å². The van der Waals surface area contributed by atoms with Crippen LogP contribution in [0, 0.1) is 5.82 Å². The zero-order valence-electron chi connectivity index (χ0n) is 16.1. The molecular weight excluding hydrogens is 393 g/mol. The number of hydrogen-bond acceptors (Lipinski definition) is 4. The molecule has 1 aromatic heterocycles. The number of hydrogen-bond donors (Lipinski definition) is 1. The van der Waals surface area contributed by atoms with Crippen LogP contribution in [-0.4, -0.2) is 40.7 Å². The molecule has 1 aliphatic rings. The van der Waals surface area contributed by atoms with Gasteiger partial charge in [-0.05, 0) is 35.6 Å². The van der Waals surface area contributed by atoms with Crippen molar-refractivity contribution in [1.82, 2.24) is 15.1 Å². The monoisotopic (exact) mass is 415 g/mol. The van der Waals surface area contributed by atoms with E-state index in [1.165, 1.54) is 35.6 Å². The maximum absolute atomic E-state index is 13.3. The Morgan fingerprint density at radius 2 is 2.03 bits per heavy atom. The molecule has 1 aromatic carbocycles. The molecule has 0 spiro atoms. The van der Waals surface area contributed by atoms with E-state index in [0.29, 0.717) is 18.7 Å². The first-order valence-electron chi connectivity index (χ1n) is 9.22. The first-order chi connectivity index (χ1) is 13.9. The second-order valence-corrected chi connectivity index (χ2v) is 7.76. The van der Waals surface area contributed by atoms with Gasteiger partial charge < -0.3 is 10.2 Å². The molecule has 3 rings (SSSR count). The van der Waals surface area contributed by atoms with Crippen molar-refractivity contribution in [3.63, 3.8) is 0 Å². The van der Waals surface area contributed by atoms with Gasteiger partial charge in [0.25, 0.3) is 5.91 Å². The van der Waals surface area contributed by atoms with Crippen molar-refractivity contribution >= 4 is 29.2 Å². The van der Waals surface area contributed by atoms with Crippen LogP contribution in [0.15, 0.2) is 54.4 Å². The molecule has 1 aliphatic heterocycles. The second kappa shape index (κ2) is 8.57. The third-order valence-electron chi connectivity index (χ3n) is 4.97. The number of carbonyl (C=O) groups is 3. The summed E-state index contributed by atoms with van der Waals surface area (Å²) in [7, 11) is 0. The smallest absolute Gasteiger partial charge is 0.325 e. The van der Waals surface area contributed by atoms with Gasteiger partial charge in [0, 0.05) is 11.4 Å². The number of rotatable bonds is 8. The molecule has 1 atom stereocenters. The second-order valence-electron chi connectivity index (χ2n) is 6.73. The molecule has 0 bridgehead atoms. The summed E-state index contributed by atoms with van der Waals surface area (Å²) in [5.74, 6) is -1.30. The van der Waals surface area contributed by atoms with Gasteiger partial charge in [0.1, 0.15) is 17.9 Å². The quantitative estimate of drug-likeness (QED) is 0.532. The van der Waals surface area contributed by atoms with E-state index in [1.807, 2.05) is 17.5 Å². The van der Waals surface area contributed by atoms with Gasteiger partial charge in [-0.3, -0.25) is 14.5 Å². The van der Waals surface area contributed by atoms with Crippen LogP contribution < -0.4 is 5.32 Å². The number of nitrogens with zero attached hydrogens (tertiary/aromatic N) is 2. The van der Waals surface area contributed by atoms with E-state index in [2.05, 4.69) is 11.9 Å². The molecule has 1 fully saturated rings. The molecule has 2 heterocycles. The summed E-state index contributed by atoms with van der Waals surface area (Å²) in [5.41, 5.74) is -0.821. The molecule has 0 unspecified atom stereocenters. The van der Waals surface area contributed by atoms with Crippen LogP contribution in [0.5, 0.6) is 0 Å². The fraction of sp³-hybridized carbons (Fsp3) is 0.286. The molecule has 8 heteroatoms. The van der Waals surface area contributed by atoms with Gasteiger partial charge in [-0.15, -0.1) is 17.9 Å². The summed E-state index contributed by atoms with van der Waals surface area (Å²) in [6.45, 7) is 5.75. The van der Waals surface area contributed by atoms with E-state index in [-0.39, 0.29) is 18.9 Å². The van der Waals surface area contributed by atoms with E-state index < -0.39 is 23.3 Å². The van der Waals surface area contributed by atoms with Crippen LogP contribution in [0.3, 0.4) is 0 Å². The zero-order valence-corrected chi connectivity index (χ0v) is 16.9. The van der Waals surface area contributed by atoms with Crippen LogP contribution in [0.25, 0.3) is 0 Å². The van der Waals surface area contributed by atoms with Crippen molar-refractivity contribution in [2.45, 2.75) is 25.4 Å². The van der Waals surface area contributed by atoms with E-state index in [1.54, 1.807) is 17.9 Å². The van der Waals surface area contributed by atoms with E-state index in [9.17, 15) is 18.8 Å². The Morgan fingerprint density at radius 3 is 2.62 bits per heavy atom. The number of urea groups is 1. The first kappa shape index (κ1) is 20.7. The topological polar surface area (TPSA) is 69.7 Å². The molecule has 1 saturated heterocycles. The molecule has 4 amide bonds. The summed E-state index contributed by atoms with van der Waals surface area (Å²) in [5, 5.41) is 4.62. The standard InChI is InChI=1S/C21H22FN3O3S/c1-3-11-24(13-17-6-5-12-29-17)18(26)14-25-19(27)21(4-2,23-20(25)28)15-7-9-16(22)10-8-15/h3,5-10,12H,1,4,11,13-14H2,2H3,(H,23,28)/t21-/m1/s1. The number of benzene rings is 1. The number of thiophene rings is 1. The highest BCUT2D eigenvalue weighted by Crippen LogP contribution is 2.32. The van der Waals surface area contributed by atoms with Crippen molar-refractivity contribution in [1.29, 1.82) is 0 Å². The maximum atomic E-state index is 13.3. The SMILES string of the molecule is C=CCN(Cc1cccs1)C(=O)CN1C(=O)N[C@](CC)(c2ccc(F)cc2)C1=O. The van der Waals surface area contributed by atoms with E-state index in [4.69, 9.17) is 0 Å². The van der Waals surface area contributed by atoms with Gasteiger partial charge in [-0.1, -0.05) is 31.2 Å². The van der Waals surface area contributed by atoms with Crippen LogP contribution in [0.2, 0.25) is 0 Å². The number of amides is 4. The highest BCUT2D eigenvalue weighted by molar-refractivity contribution is 7.09. The van der Waals surface area contributed by atoms with Gasteiger partial charge in [-0.25, -0.2) is 9.18 Å². The molecule has 2 aromatic rings. The van der Waals surface area contributed by atoms with Gasteiger partial charge in [0.15, 0.2) is 0 Å². The summed E-state index contributed by atoms with van der Waals surface area (Å²) in [4.78, 5) is 42.0.